The third-order valence-electron chi connectivity index (χ3n) is 3.78. The lowest BCUT2D eigenvalue weighted by Gasteiger charge is -2.10. The van der Waals surface area contributed by atoms with Crippen molar-refractivity contribution in [1.29, 1.82) is 0 Å². The summed E-state index contributed by atoms with van der Waals surface area (Å²) in [6.07, 6.45) is 1.46. The van der Waals surface area contributed by atoms with Crippen molar-refractivity contribution in [3.05, 3.63) is 54.2 Å². The summed E-state index contributed by atoms with van der Waals surface area (Å²) in [5, 5.41) is 14.0. The first-order valence-electron chi connectivity index (χ1n) is 8.04. The van der Waals surface area contributed by atoms with Crippen LogP contribution in [-0.2, 0) is 4.74 Å². The van der Waals surface area contributed by atoms with Gasteiger partial charge in [0.25, 0.3) is 0 Å². The van der Waals surface area contributed by atoms with Crippen molar-refractivity contribution >= 4 is 29.1 Å². The van der Waals surface area contributed by atoms with Crippen molar-refractivity contribution in [2.45, 2.75) is 0 Å². The molecule has 2 N–H and O–H groups in total. The smallest absolute Gasteiger partial charge is 0.339 e. The van der Waals surface area contributed by atoms with Crippen molar-refractivity contribution < 1.29 is 19.0 Å². The molecule has 0 aliphatic carbocycles. The van der Waals surface area contributed by atoms with Crippen LogP contribution in [0.3, 0.4) is 0 Å². The predicted molar refractivity (Wildman–Crippen MR) is 96.7 cm³/mol. The number of benzene rings is 2. The Morgan fingerprint density at radius 2 is 1.96 bits per heavy atom. The minimum atomic E-state index is -0.446. The molecule has 136 valence electrons. The van der Waals surface area contributed by atoms with Gasteiger partial charge in [-0.15, -0.1) is 5.10 Å². The third-order valence-corrected chi connectivity index (χ3v) is 3.78. The van der Waals surface area contributed by atoms with Crippen molar-refractivity contribution in [2.24, 2.45) is 0 Å². The molecule has 0 amide bonds. The second-order valence-electron chi connectivity index (χ2n) is 5.52. The number of methoxy groups -OCH3 is 1. The quantitative estimate of drug-likeness (QED) is 0.660. The standard InChI is InChI=1S/C18H15N5O4/c1-25-17(24)12-4-2-3-5-13(12)21-16-9-19-23-18(22-16)20-11-6-7-14-15(8-11)27-10-26-14/h2-9H,10H2,1H3,(H2,20,21,22,23). The van der Waals surface area contributed by atoms with Crippen LogP contribution in [0.15, 0.2) is 48.7 Å². The second-order valence-corrected chi connectivity index (χ2v) is 5.52. The first kappa shape index (κ1) is 16.6. The van der Waals surface area contributed by atoms with E-state index in [1.165, 1.54) is 13.3 Å². The van der Waals surface area contributed by atoms with E-state index >= 15 is 0 Å². The van der Waals surface area contributed by atoms with Crippen molar-refractivity contribution in [3.8, 4) is 11.5 Å². The van der Waals surface area contributed by atoms with E-state index < -0.39 is 5.97 Å². The molecule has 2 aromatic carbocycles. The molecule has 0 saturated carbocycles. The van der Waals surface area contributed by atoms with Crippen LogP contribution in [0.5, 0.6) is 11.5 Å². The number of hydrogen-bond donors (Lipinski definition) is 2. The summed E-state index contributed by atoms with van der Waals surface area (Å²) < 4.78 is 15.4. The Labute approximate surface area is 154 Å². The minimum absolute atomic E-state index is 0.204. The highest BCUT2D eigenvalue weighted by molar-refractivity contribution is 5.96. The zero-order chi connectivity index (χ0) is 18.6. The lowest BCUT2D eigenvalue weighted by molar-refractivity contribution is 0.0602. The number of carbonyl (C=O) groups is 1. The van der Waals surface area contributed by atoms with E-state index in [9.17, 15) is 4.79 Å². The minimum Gasteiger partial charge on any atom is -0.465 e. The van der Waals surface area contributed by atoms with Gasteiger partial charge in [0.2, 0.25) is 12.7 Å². The fraction of sp³-hybridized carbons (Fsp3) is 0.111. The van der Waals surface area contributed by atoms with E-state index in [4.69, 9.17) is 14.2 Å². The summed E-state index contributed by atoms with van der Waals surface area (Å²) in [6, 6.07) is 12.4. The number of fused-ring (bicyclic) bond motifs is 1. The summed E-state index contributed by atoms with van der Waals surface area (Å²) in [6.45, 7) is 0.204. The highest BCUT2D eigenvalue weighted by Gasteiger charge is 2.14. The Kier molecular flexibility index (Phi) is 4.40. The van der Waals surface area contributed by atoms with Crippen LogP contribution in [0.4, 0.5) is 23.1 Å². The Balaban J connectivity index is 1.54. The number of para-hydroxylation sites is 1. The zero-order valence-corrected chi connectivity index (χ0v) is 14.3. The molecule has 2 heterocycles. The van der Waals surface area contributed by atoms with Crippen LogP contribution in [-0.4, -0.2) is 35.1 Å². The molecule has 1 aliphatic heterocycles. The van der Waals surface area contributed by atoms with E-state index in [2.05, 4.69) is 25.8 Å². The van der Waals surface area contributed by atoms with Crippen LogP contribution < -0.4 is 20.1 Å². The fourth-order valence-electron chi connectivity index (χ4n) is 2.54. The number of rotatable bonds is 5. The molecule has 1 aliphatic rings. The Morgan fingerprint density at radius 1 is 1.11 bits per heavy atom. The highest BCUT2D eigenvalue weighted by atomic mass is 16.7. The molecule has 0 atom stereocenters. The van der Waals surface area contributed by atoms with Crippen LogP contribution in [0, 0.1) is 0 Å². The first-order valence-corrected chi connectivity index (χ1v) is 8.04. The van der Waals surface area contributed by atoms with Gasteiger partial charge in [0.1, 0.15) is 0 Å². The summed E-state index contributed by atoms with van der Waals surface area (Å²) in [5.74, 6) is 1.60. The molecular formula is C18H15N5O4. The first-order chi connectivity index (χ1) is 13.2. The van der Waals surface area contributed by atoms with Gasteiger partial charge >= 0.3 is 5.97 Å². The third kappa shape index (κ3) is 3.56. The molecule has 0 saturated heterocycles. The molecule has 0 fully saturated rings. The Hall–Kier alpha value is -3.88. The van der Waals surface area contributed by atoms with Crippen LogP contribution >= 0.6 is 0 Å². The van der Waals surface area contributed by atoms with Gasteiger partial charge in [0.05, 0.1) is 24.6 Å². The molecule has 4 rings (SSSR count). The van der Waals surface area contributed by atoms with Crippen LogP contribution in [0.25, 0.3) is 0 Å². The van der Waals surface area contributed by atoms with Crippen LogP contribution in [0.2, 0.25) is 0 Å². The van der Waals surface area contributed by atoms with Gasteiger partial charge in [0.15, 0.2) is 17.3 Å². The fourth-order valence-corrected chi connectivity index (χ4v) is 2.54. The number of esters is 1. The number of aromatic nitrogens is 3. The van der Waals surface area contributed by atoms with E-state index in [-0.39, 0.29) is 12.7 Å². The molecule has 27 heavy (non-hydrogen) atoms. The average molecular weight is 365 g/mol. The largest absolute Gasteiger partial charge is 0.465 e. The monoisotopic (exact) mass is 365 g/mol. The molecular weight excluding hydrogens is 350 g/mol. The van der Waals surface area contributed by atoms with Gasteiger partial charge in [-0.05, 0) is 24.3 Å². The molecule has 0 spiro atoms. The van der Waals surface area contributed by atoms with Crippen molar-refractivity contribution in [2.75, 3.05) is 24.5 Å². The van der Waals surface area contributed by atoms with Gasteiger partial charge in [-0.25, -0.2) is 4.79 Å². The summed E-state index contributed by atoms with van der Waals surface area (Å²) in [5.41, 5.74) is 1.68. The zero-order valence-electron chi connectivity index (χ0n) is 14.3. The molecule has 9 heteroatoms. The number of nitrogens with zero attached hydrogens (tertiary/aromatic N) is 3. The number of nitrogens with one attached hydrogen (secondary N) is 2. The molecule has 9 nitrogen and oxygen atoms in total. The average Bonchev–Trinajstić information content (AvgIpc) is 3.16. The highest BCUT2D eigenvalue weighted by Crippen LogP contribution is 2.34. The van der Waals surface area contributed by atoms with Crippen LogP contribution in [0.1, 0.15) is 10.4 Å². The molecule has 1 aromatic heterocycles. The summed E-state index contributed by atoms with van der Waals surface area (Å²) >= 11 is 0. The van der Waals surface area contributed by atoms with E-state index in [1.807, 2.05) is 6.07 Å². The maximum Gasteiger partial charge on any atom is 0.339 e. The lowest BCUT2D eigenvalue weighted by atomic mass is 10.2. The summed E-state index contributed by atoms with van der Waals surface area (Å²) in [4.78, 5) is 16.2. The number of anilines is 4. The number of ether oxygens (including phenoxy) is 3. The molecule has 0 bridgehead atoms. The van der Waals surface area contributed by atoms with E-state index in [0.29, 0.717) is 28.6 Å². The maximum atomic E-state index is 11.9. The van der Waals surface area contributed by atoms with E-state index in [1.54, 1.807) is 36.4 Å². The predicted octanol–water partition coefficient (Wildman–Crippen LogP) is 2.87. The SMILES string of the molecule is COC(=O)c1ccccc1Nc1cnnc(Nc2ccc3c(c2)OCO3)n1. The second kappa shape index (κ2) is 7.16. The van der Waals surface area contributed by atoms with E-state index in [0.717, 1.165) is 5.69 Å². The number of hydrogen-bond acceptors (Lipinski definition) is 9. The van der Waals surface area contributed by atoms with Crippen molar-refractivity contribution in [3.63, 3.8) is 0 Å². The molecule has 0 unspecified atom stereocenters. The Bertz CT molecular complexity index is 995. The normalized spacial score (nSPS) is 11.7. The number of carbonyl (C=O) groups excluding carboxylic acids is 1. The topological polar surface area (TPSA) is 107 Å². The van der Waals surface area contributed by atoms with Gasteiger partial charge < -0.3 is 24.8 Å². The van der Waals surface area contributed by atoms with Gasteiger partial charge in [-0.3, -0.25) is 0 Å². The molecule has 3 aromatic rings. The molecule has 0 radical (unpaired) electrons. The Morgan fingerprint density at radius 3 is 2.85 bits per heavy atom. The van der Waals surface area contributed by atoms with Gasteiger partial charge in [0, 0.05) is 11.8 Å². The van der Waals surface area contributed by atoms with Gasteiger partial charge in [-0.2, -0.15) is 10.1 Å². The summed E-state index contributed by atoms with van der Waals surface area (Å²) in [7, 11) is 1.33. The van der Waals surface area contributed by atoms with Crippen molar-refractivity contribution in [1.82, 2.24) is 15.2 Å². The van der Waals surface area contributed by atoms with Gasteiger partial charge in [-0.1, -0.05) is 12.1 Å². The lowest BCUT2D eigenvalue weighted by Crippen LogP contribution is -2.07. The maximum absolute atomic E-state index is 11.9.